The smallest absolute Gasteiger partial charge is 0.338 e. The van der Waals surface area contributed by atoms with Gasteiger partial charge in [-0.15, -0.1) is 12.3 Å². The number of methoxy groups -OCH3 is 4. The van der Waals surface area contributed by atoms with Crippen LogP contribution in [0.5, 0.6) is 0 Å². The first-order valence-electron chi connectivity index (χ1n) is 12.1. The highest BCUT2D eigenvalue weighted by Gasteiger charge is 2.19. The monoisotopic (exact) mass is 632 g/mol. The van der Waals surface area contributed by atoms with Gasteiger partial charge in [0, 0.05) is 36.1 Å². The molecular formula is C30H33BrO10. The van der Waals surface area contributed by atoms with Crippen molar-refractivity contribution in [2.24, 2.45) is 0 Å². The number of carbonyl (C=O) groups excluding carboxylic acids is 4. The standard InChI is InChI=1S/C15H16O5.C10H9BrO4.C5H8O/c1-19-14(17)12-8-7-11(6-4-3-5-9-16)10-13(12)15(18)20-2;1-14-9(12)7-4-3-6(11)5-8(7)10(13)15-2;1-2-3-4-5-6/h7-8,10,16H,3,5,9H2,1-2H3;3-5H,1-2H3;1,6H,3-5H2. The molecule has 0 radical (unpaired) electrons. The van der Waals surface area contributed by atoms with E-state index in [1.807, 2.05) is 0 Å². The molecule has 10 nitrogen and oxygen atoms in total. The first-order chi connectivity index (χ1) is 19.6. The Morgan fingerprint density at radius 2 is 1.15 bits per heavy atom. The second-order valence-corrected chi connectivity index (χ2v) is 8.49. The summed E-state index contributed by atoms with van der Waals surface area (Å²) in [7, 11) is 4.99. The van der Waals surface area contributed by atoms with E-state index >= 15 is 0 Å². The lowest BCUT2D eigenvalue weighted by atomic mass is 10.0. The summed E-state index contributed by atoms with van der Waals surface area (Å²) in [5.41, 5.74) is 1.22. The second kappa shape index (κ2) is 21.6. The van der Waals surface area contributed by atoms with Gasteiger partial charge in [-0.3, -0.25) is 0 Å². The van der Waals surface area contributed by atoms with Crippen LogP contribution in [0.15, 0.2) is 40.9 Å². The van der Waals surface area contributed by atoms with E-state index in [9.17, 15) is 19.2 Å². The van der Waals surface area contributed by atoms with Crippen LogP contribution in [0.4, 0.5) is 0 Å². The Kier molecular flexibility index (Phi) is 19.4. The van der Waals surface area contributed by atoms with E-state index in [0.29, 0.717) is 29.3 Å². The molecule has 41 heavy (non-hydrogen) atoms. The number of rotatable bonds is 8. The van der Waals surface area contributed by atoms with Crippen LogP contribution >= 0.6 is 15.9 Å². The molecule has 0 fully saturated rings. The minimum Gasteiger partial charge on any atom is -0.465 e. The molecule has 0 bridgehead atoms. The number of esters is 4. The molecule has 2 rings (SSSR count). The molecule has 0 spiro atoms. The Bertz CT molecular complexity index is 1270. The third kappa shape index (κ3) is 13.6. The van der Waals surface area contributed by atoms with Gasteiger partial charge in [0.15, 0.2) is 0 Å². The minimum atomic E-state index is -0.621. The second-order valence-electron chi connectivity index (χ2n) is 7.58. The van der Waals surface area contributed by atoms with Gasteiger partial charge in [0.25, 0.3) is 0 Å². The SMILES string of the molecule is C#CCCCO.COC(=O)c1ccc(Br)cc1C(=O)OC.COC(=O)c1ccc(C#CCCCO)cc1C(=O)OC. The maximum absolute atomic E-state index is 11.7. The summed E-state index contributed by atoms with van der Waals surface area (Å²) >= 11 is 3.20. The van der Waals surface area contributed by atoms with Crippen molar-refractivity contribution in [1.29, 1.82) is 0 Å². The number of terminal acetylenes is 1. The highest BCUT2D eigenvalue weighted by molar-refractivity contribution is 9.10. The first kappa shape index (κ1) is 36.8. The predicted octanol–water partition coefficient (Wildman–Crippen LogP) is 3.80. The summed E-state index contributed by atoms with van der Waals surface area (Å²) in [5.74, 6) is 5.78. The van der Waals surface area contributed by atoms with Crippen LogP contribution in [0, 0.1) is 24.2 Å². The molecule has 0 heterocycles. The van der Waals surface area contributed by atoms with Gasteiger partial charge in [-0.1, -0.05) is 27.8 Å². The highest BCUT2D eigenvalue weighted by Crippen LogP contribution is 2.18. The van der Waals surface area contributed by atoms with Crippen molar-refractivity contribution in [2.75, 3.05) is 41.7 Å². The minimum absolute atomic E-state index is 0.0867. The number of carbonyl (C=O) groups is 4. The van der Waals surface area contributed by atoms with Crippen LogP contribution in [0.3, 0.4) is 0 Å². The quantitative estimate of drug-likeness (QED) is 0.191. The van der Waals surface area contributed by atoms with Crippen molar-refractivity contribution in [3.05, 3.63) is 68.7 Å². The summed E-state index contributed by atoms with van der Waals surface area (Å²) in [6, 6.07) is 9.27. The lowest BCUT2D eigenvalue weighted by molar-refractivity contribution is 0.0555. The number of hydrogen-bond donors (Lipinski definition) is 2. The maximum Gasteiger partial charge on any atom is 0.338 e. The average Bonchev–Trinajstić information content (AvgIpc) is 3.00. The molecule has 0 aliphatic rings. The molecule has 0 aromatic heterocycles. The van der Waals surface area contributed by atoms with Gasteiger partial charge in [0.2, 0.25) is 0 Å². The molecule has 2 aromatic rings. The van der Waals surface area contributed by atoms with E-state index < -0.39 is 23.9 Å². The van der Waals surface area contributed by atoms with Crippen molar-refractivity contribution in [2.45, 2.75) is 25.7 Å². The van der Waals surface area contributed by atoms with Crippen molar-refractivity contribution < 1.29 is 48.3 Å². The Hall–Kier alpha value is -4.16. The molecule has 0 aliphatic heterocycles. The number of benzene rings is 2. The van der Waals surface area contributed by atoms with Crippen molar-refractivity contribution in [3.63, 3.8) is 0 Å². The summed E-state index contributed by atoms with van der Waals surface area (Å²) in [6.45, 7) is 0.299. The Labute approximate surface area is 248 Å². The third-order valence-corrected chi connectivity index (χ3v) is 5.29. The molecule has 0 amide bonds. The Morgan fingerprint density at radius 1 is 0.707 bits per heavy atom. The largest absolute Gasteiger partial charge is 0.465 e. The number of aliphatic hydroxyl groups is 2. The molecule has 0 aliphatic carbocycles. The number of aliphatic hydroxyl groups excluding tert-OH is 2. The van der Waals surface area contributed by atoms with Gasteiger partial charge < -0.3 is 29.2 Å². The lowest BCUT2D eigenvalue weighted by Gasteiger charge is -2.06. The van der Waals surface area contributed by atoms with Gasteiger partial charge in [0.1, 0.15) is 0 Å². The Morgan fingerprint density at radius 3 is 1.59 bits per heavy atom. The fourth-order valence-electron chi connectivity index (χ4n) is 2.79. The van der Waals surface area contributed by atoms with Gasteiger partial charge in [0.05, 0.1) is 50.7 Å². The van der Waals surface area contributed by atoms with Crippen LogP contribution in [0.1, 0.15) is 72.7 Å². The molecule has 0 atom stereocenters. The lowest BCUT2D eigenvalue weighted by Crippen LogP contribution is -2.12. The number of unbranched alkanes of at least 4 members (excludes halogenated alkanes) is 2. The van der Waals surface area contributed by atoms with Crippen molar-refractivity contribution in [1.82, 2.24) is 0 Å². The van der Waals surface area contributed by atoms with Crippen molar-refractivity contribution in [3.8, 4) is 24.2 Å². The van der Waals surface area contributed by atoms with Crippen LogP contribution in [-0.4, -0.2) is 75.7 Å². The van der Waals surface area contributed by atoms with Crippen LogP contribution in [0.25, 0.3) is 0 Å². The fraction of sp³-hybridized carbons (Fsp3) is 0.333. The van der Waals surface area contributed by atoms with E-state index in [-0.39, 0.29) is 35.5 Å². The van der Waals surface area contributed by atoms with E-state index in [2.05, 4.69) is 52.6 Å². The van der Waals surface area contributed by atoms with E-state index in [1.54, 1.807) is 12.1 Å². The van der Waals surface area contributed by atoms with E-state index in [4.69, 9.17) is 16.6 Å². The molecule has 0 saturated heterocycles. The third-order valence-electron chi connectivity index (χ3n) is 4.79. The summed E-state index contributed by atoms with van der Waals surface area (Å²) in [4.78, 5) is 45.9. The predicted molar refractivity (Wildman–Crippen MR) is 154 cm³/mol. The maximum atomic E-state index is 11.7. The Balaban J connectivity index is 0.000000669. The zero-order valence-electron chi connectivity index (χ0n) is 23.3. The topological polar surface area (TPSA) is 146 Å². The molecule has 220 valence electrons. The number of halogens is 1. The number of ether oxygens (including phenoxy) is 4. The van der Waals surface area contributed by atoms with Crippen molar-refractivity contribution >= 4 is 39.8 Å². The zero-order valence-corrected chi connectivity index (χ0v) is 24.9. The van der Waals surface area contributed by atoms with Gasteiger partial charge in [-0.25, -0.2) is 19.2 Å². The van der Waals surface area contributed by atoms with Gasteiger partial charge in [-0.05, 0) is 49.2 Å². The summed E-state index contributed by atoms with van der Waals surface area (Å²) in [6.07, 6.45) is 7.43. The van der Waals surface area contributed by atoms with Gasteiger partial charge >= 0.3 is 23.9 Å². The zero-order chi connectivity index (χ0) is 31.2. The fourth-order valence-corrected chi connectivity index (χ4v) is 3.15. The first-order valence-corrected chi connectivity index (χ1v) is 12.9. The van der Waals surface area contributed by atoms with E-state index in [1.165, 1.54) is 52.7 Å². The van der Waals surface area contributed by atoms with E-state index in [0.717, 1.165) is 6.42 Å². The highest BCUT2D eigenvalue weighted by atomic mass is 79.9. The summed E-state index contributed by atoms with van der Waals surface area (Å²) < 4.78 is 19.1. The molecular weight excluding hydrogens is 600 g/mol. The summed E-state index contributed by atoms with van der Waals surface area (Å²) in [5, 5.41) is 16.8. The number of hydrogen-bond acceptors (Lipinski definition) is 10. The molecule has 2 N–H and O–H groups in total. The average molecular weight is 633 g/mol. The van der Waals surface area contributed by atoms with Gasteiger partial charge in [-0.2, -0.15) is 0 Å². The molecule has 2 aromatic carbocycles. The van der Waals surface area contributed by atoms with Crippen LogP contribution in [0.2, 0.25) is 0 Å². The molecule has 0 saturated carbocycles. The van der Waals surface area contributed by atoms with Crippen LogP contribution < -0.4 is 0 Å². The molecule has 11 heteroatoms. The van der Waals surface area contributed by atoms with Crippen LogP contribution in [-0.2, 0) is 18.9 Å². The molecule has 0 unspecified atom stereocenters. The normalized spacial score (nSPS) is 9.12.